The van der Waals surface area contributed by atoms with Crippen molar-refractivity contribution in [2.75, 3.05) is 12.0 Å². The lowest BCUT2D eigenvalue weighted by Crippen LogP contribution is -2.43. The largest absolute Gasteiger partial charge is 0.445 e. The van der Waals surface area contributed by atoms with Crippen LogP contribution in [0.2, 0.25) is 0 Å². The van der Waals surface area contributed by atoms with Crippen molar-refractivity contribution in [3.8, 4) is 5.75 Å². The Balaban J connectivity index is 1.44. The highest BCUT2D eigenvalue weighted by molar-refractivity contribution is 7.98. The van der Waals surface area contributed by atoms with E-state index in [2.05, 4.69) is 5.32 Å². The highest BCUT2D eigenvalue weighted by Crippen LogP contribution is 2.29. The molecule has 1 heterocycles. The Morgan fingerprint density at radius 3 is 2.70 bits per heavy atom. The maximum absolute atomic E-state index is 12.8. The molecule has 7 nitrogen and oxygen atoms in total. The molecule has 172 valence electrons. The van der Waals surface area contributed by atoms with E-state index in [-0.39, 0.29) is 18.0 Å². The van der Waals surface area contributed by atoms with Crippen LogP contribution in [0.4, 0.5) is 4.79 Å². The van der Waals surface area contributed by atoms with Gasteiger partial charge in [0.1, 0.15) is 24.0 Å². The molecule has 0 saturated heterocycles. The van der Waals surface area contributed by atoms with Gasteiger partial charge >= 0.3 is 17.7 Å². The molecular weight excluding hydrogens is 442 g/mol. The number of carbonyl (C=O) groups is 2. The maximum atomic E-state index is 12.8. The van der Waals surface area contributed by atoms with Crippen LogP contribution < -0.4 is 15.7 Å². The fourth-order valence-electron chi connectivity index (χ4n) is 3.91. The maximum Gasteiger partial charge on any atom is 0.408 e. The van der Waals surface area contributed by atoms with Crippen molar-refractivity contribution in [1.29, 1.82) is 0 Å². The lowest BCUT2D eigenvalue weighted by Gasteiger charge is -2.17. The van der Waals surface area contributed by atoms with Crippen LogP contribution >= 0.6 is 11.8 Å². The van der Waals surface area contributed by atoms with Crippen molar-refractivity contribution in [3.63, 3.8) is 0 Å². The quantitative estimate of drug-likeness (QED) is 0.301. The molecule has 0 fully saturated rings. The summed E-state index contributed by atoms with van der Waals surface area (Å²) < 4.78 is 16.2. The zero-order valence-electron chi connectivity index (χ0n) is 18.3. The number of nitrogens with one attached hydrogen (secondary N) is 1. The first kappa shape index (κ1) is 22.9. The smallest absolute Gasteiger partial charge is 0.408 e. The SMILES string of the molecule is CSCC[C@@H](NC(=O)OCc1ccccc1)C(=O)Oc1ccc2c3c(c(=O)oc2c1)CCC3. The standard InChI is InChI=1S/C25H25NO6S/c1-33-13-12-21(26-25(29)30-15-16-6-3-2-4-7-16)24(28)31-17-10-11-19-18-8-5-9-20(18)23(27)32-22(19)14-17/h2-4,6-7,10-11,14,21H,5,8-9,12-13,15H2,1H3,(H,26,29)/t21-/m1/s1. The summed E-state index contributed by atoms with van der Waals surface area (Å²) in [5.41, 5.74) is 2.66. The minimum atomic E-state index is -0.872. The summed E-state index contributed by atoms with van der Waals surface area (Å²) in [4.78, 5) is 37.3. The minimum absolute atomic E-state index is 0.102. The molecule has 1 amide bonds. The topological polar surface area (TPSA) is 94.8 Å². The molecule has 0 spiro atoms. The van der Waals surface area contributed by atoms with Crippen molar-refractivity contribution in [3.05, 3.63) is 75.6 Å². The molecule has 33 heavy (non-hydrogen) atoms. The number of fused-ring (bicyclic) bond motifs is 3. The van der Waals surface area contributed by atoms with Gasteiger partial charge in [0.05, 0.1) is 0 Å². The Morgan fingerprint density at radius 2 is 1.91 bits per heavy atom. The van der Waals surface area contributed by atoms with E-state index in [1.165, 1.54) is 0 Å². The second-order valence-corrected chi connectivity index (χ2v) is 8.80. The van der Waals surface area contributed by atoms with E-state index in [1.807, 2.05) is 42.7 Å². The first-order chi connectivity index (χ1) is 16.0. The predicted molar refractivity (Wildman–Crippen MR) is 127 cm³/mol. The van der Waals surface area contributed by atoms with Gasteiger partial charge in [-0.25, -0.2) is 14.4 Å². The Bertz CT molecular complexity index is 1210. The highest BCUT2D eigenvalue weighted by atomic mass is 32.2. The van der Waals surface area contributed by atoms with Gasteiger partial charge in [0.25, 0.3) is 0 Å². The molecule has 1 aromatic heterocycles. The van der Waals surface area contributed by atoms with Crippen LogP contribution in [-0.4, -0.2) is 30.1 Å². The van der Waals surface area contributed by atoms with Crippen LogP contribution in [0, 0.1) is 0 Å². The number of esters is 1. The van der Waals surface area contributed by atoms with Crippen molar-refractivity contribution in [2.24, 2.45) is 0 Å². The van der Waals surface area contributed by atoms with Crippen molar-refractivity contribution < 1.29 is 23.5 Å². The molecule has 1 aliphatic carbocycles. The number of hydrogen-bond acceptors (Lipinski definition) is 7. The highest BCUT2D eigenvalue weighted by Gasteiger charge is 2.24. The number of hydrogen-bond donors (Lipinski definition) is 1. The van der Waals surface area contributed by atoms with Gasteiger partial charge in [-0.05, 0) is 61.0 Å². The number of amides is 1. The van der Waals surface area contributed by atoms with Crippen LogP contribution in [0.15, 0.2) is 57.7 Å². The average molecular weight is 468 g/mol. The number of thioether (sulfide) groups is 1. The zero-order chi connectivity index (χ0) is 23.2. The molecule has 0 unspecified atom stereocenters. The third-order valence-corrected chi connectivity index (χ3v) is 6.21. The molecular formula is C25H25NO6S. The molecule has 3 aromatic rings. The first-order valence-electron chi connectivity index (χ1n) is 10.8. The lowest BCUT2D eigenvalue weighted by atomic mass is 10.1. The van der Waals surface area contributed by atoms with Gasteiger partial charge in [-0.1, -0.05) is 30.3 Å². The molecule has 1 atom stereocenters. The molecule has 1 N–H and O–H groups in total. The molecule has 2 aromatic carbocycles. The lowest BCUT2D eigenvalue weighted by molar-refractivity contribution is -0.136. The van der Waals surface area contributed by atoms with E-state index in [0.29, 0.717) is 17.8 Å². The second kappa shape index (κ2) is 10.6. The Kier molecular flexibility index (Phi) is 7.34. The van der Waals surface area contributed by atoms with Gasteiger partial charge in [0.15, 0.2) is 0 Å². The summed E-state index contributed by atoms with van der Waals surface area (Å²) in [5, 5.41) is 3.46. The molecule has 0 bridgehead atoms. The number of alkyl carbamates (subject to hydrolysis) is 1. The predicted octanol–water partition coefficient (Wildman–Crippen LogP) is 4.24. The van der Waals surface area contributed by atoms with Gasteiger partial charge in [0.2, 0.25) is 0 Å². The summed E-state index contributed by atoms with van der Waals surface area (Å²) in [6, 6.07) is 13.4. The van der Waals surface area contributed by atoms with Gasteiger partial charge in [0, 0.05) is 17.0 Å². The van der Waals surface area contributed by atoms with Crippen molar-refractivity contribution in [2.45, 2.75) is 38.3 Å². The average Bonchev–Trinajstić information content (AvgIpc) is 3.32. The summed E-state index contributed by atoms with van der Waals surface area (Å²) in [6.07, 6.45) is 4.10. The van der Waals surface area contributed by atoms with E-state index in [0.717, 1.165) is 41.3 Å². The fraction of sp³-hybridized carbons (Fsp3) is 0.320. The van der Waals surface area contributed by atoms with E-state index in [1.54, 1.807) is 23.9 Å². The molecule has 1 aliphatic rings. The fourth-order valence-corrected chi connectivity index (χ4v) is 4.38. The monoisotopic (exact) mass is 467 g/mol. The molecule has 0 aliphatic heterocycles. The Labute approximate surface area is 195 Å². The van der Waals surface area contributed by atoms with E-state index < -0.39 is 18.1 Å². The summed E-state index contributed by atoms with van der Waals surface area (Å²) in [6.45, 7) is 0.102. The van der Waals surface area contributed by atoms with E-state index in [4.69, 9.17) is 13.9 Å². The number of rotatable bonds is 8. The van der Waals surface area contributed by atoms with Crippen LogP contribution in [0.25, 0.3) is 11.0 Å². The van der Waals surface area contributed by atoms with E-state index in [9.17, 15) is 14.4 Å². The molecule has 0 saturated carbocycles. The summed E-state index contributed by atoms with van der Waals surface area (Å²) in [5.74, 6) is 0.294. The third-order valence-electron chi connectivity index (χ3n) is 5.56. The number of carbonyl (C=O) groups excluding carboxylic acids is 2. The van der Waals surface area contributed by atoms with Gasteiger partial charge in [-0.3, -0.25) is 0 Å². The molecule has 8 heteroatoms. The molecule has 4 rings (SSSR count). The second-order valence-electron chi connectivity index (χ2n) is 7.82. The third kappa shape index (κ3) is 5.57. The number of ether oxygens (including phenoxy) is 2. The van der Waals surface area contributed by atoms with Gasteiger partial charge in [-0.15, -0.1) is 0 Å². The van der Waals surface area contributed by atoms with Crippen LogP contribution in [0.3, 0.4) is 0 Å². The van der Waals surface area contributed by atoms with Gasteiger partial charge in [-0.2, -0.15) is 11.8 Å². The number of aryl methyl sites for hydroxylation is 1. The molecule has 0 radical (unpaired) electrons. The van der Waals surface area contributed by atoms with E-state index >= 15 is 0 Å². The minimum Gasteiger partial charge on any atom is -0.445 e. The van der Waals surface area contributed by atoms with Crippen LogP contribution in [-0.2, 0) is 29.0 Å². The van der Waals surface area contributed by atoms with Gasteiger partial charge < -0.3 is 19.2 Å². The first-order valence-corrected chi connectivity index (χ1v) is 12.2. The van der Waals surface area contributed by atoms with Crippen molar-refractivity contribution >= 4 is 34.8 Å². The normalized spacial score (nSPS) is 13.4. The Hall–Kier alpha value is -3.26. The summed E-state index contributed by atoms with van der Waals surface area (Å²) in [7, 11) is 0. The van der Waals surface area contributed by atoms with Crippen LogP contribution in [0.1, 0.15) is 29.5 Å². The Morgan fingerprint density at radius 1 is 1.12 bits per heavy atom. The number of benzene rings is 2. The van der Waals surface area contributed by atoms with Crippen LogP contribution in [0.5, 0.6) is 5.75 Å². The zero-order valence-corrected chi connectivity index (χ0v) is 19.1. The van der Waals surface area contributed by atoms with Crippen molar-refractivity contribution in [1.82, 2.24) is 5.32 Å². The summed E-state index contributed by atoms with van der Waals surface area (Å²) >= 11 is 1.56.